The number of nitrogens with two attached hydrogens (primary N) is 1. The van der Waals surface area contributed by atoms with Crippen molar-refractivity contribution in [2.24, 2.45) is 5.84 Å². The highest BCUT2D eigenvalue weighted by atomic mass is 16.2. The summed E-state index contributed by atoms with van der Waals surface area (Å²) >= 11 is 0. The van der Waals surface area contributed by atoms with Gasteiger partial charge in [0.05, 0.1) is 0 Å². The third kappa shape index (κ3) is 2.16. The van der Waals surface area contributed by atoms with Crippen LogP contribution in [0.15, 0.2) is 36.5 Å². The quantitative estimate of drug-likeness (QED) is 0.327. The maximum absolute atomic E-state index is 12.2. The fourth-order valence-corrected chi connectivity index (χ4v) is 1.72. The molecule has 0 spiro atoms. The molecular formula is C13H13N3O2. The Labute approximate surface area is 104 Å². The number of carbonyl (C=O) groups is 2. The van der Waals surface area contributed by atoms with E-state index in [-0.39, 0.29) is 11.5 Å². The Morgan fingerprint density at radius 1 is 1.28 bits per heavy atom. The fourth-order valence-electron chi connectivity index (χ4n) is 1.72. The summed E-state index contributed by atoms with van der Waals surface area (Å²) in [5, 5.41) is 0. The number of aromatic nitrogens is 1. The van der Waals surface area contributed by atoms with E-state index in [0.29, 0.717) is 11.1 Å². The van der Waals surface area contributed by atoms with Gasteiger partial charge < -0.3 is 4.98 Å². The molecule has 1 aromatic heterocycles. The highest BCUT2D eigenvalue weighted by molar-refractivity contribution is 6.10. The molecule has 1 amide bonds. The molecule has 5 heteroatoms. The summed E-state index contributed by atoms with van der Waals surface area (Å²) in [6, 6.07) is 8.79. The fraction of sp³-hybridized carbons (Fsp3) is 0.0769. The molecule has 1 heterocycles. The van der Waals surface area contributed by atoms with Crippen molar-refractivity contribution >= 4 is 11.7 Å². The van der Waals surface area contributed by atoms with E-state index in [0.717, 1.165) is 5.56 Å². The summed E-state index contributed by atoms with van der Waals surface area (Å²) < 4.78 is 0. The van der Waals surface area contributed by atoms with Gasteiger partial charge in [-0.1, -0.05) is 24.3 Å². The molecule has 0 saturated carbocycles. The van der Waals surface area contributed by atoms with Crippen LogP contribution in [0.3, 0.4) is 0 Å². The van der Waals surface area contributed by atoms with Crippen LogP contribution < -0.4 is 11.3 Å². The van der Waals surface area contributed by atoms with Crippen molar-refractivity contribution in [1.29, 1.82) is 0 Å². The van der Waals surface area contributed by atoms with Gasteiger partial charge in [0, 0.05) is 17.3 Å². The van der Waals surface area contributed by atoms with Crippen molar-refractivity contribution in [2.45, 2.75) is 6.92 Å². The molecule has 2 aromatic rings. The molecule has 0 radical (unpaired) electrons. The van der Waals surface area contributed by atoms with Crippen molar-refractivity contribution in [2.75, 3.05) is 0 Å². The molecule has 0 bridgehead atoms. The van der Waals surface area contributed by atoms with E-state index in [1.54, 1.807) is 12.1 Å². The number of aromatic amines is 1. The third-order valence-corrected chi connectivity index (χ3v) is 2.71. The Hall–Kier alpha value is -2.40. The maximum Gasteiger partial charge on any atom is 0.281 e. The van der Waals surface area contributed by atoms with E-state index in [9.17, 15) is 9.59 Å². The summed E-state index contributed by atoms with van der Waals surface area (Å²) in [4.78, 5) is 26.2. The highest BCUT2D eigenvalue weighted by Gasteiger charge is 2.15. The second kappa shape index (κ2) is 4.85. The second-order valence-electron chi connectivity index (χ2n) is 3.92. The van der Waals surface area contributed by atoms with E-state index in [2.05, 4.69) is 4.98 Å². The summed E-state index contributed by atoms with van der Waals surface area (Å²) in [6.45, 7) is 1.87. The number of ketones is 1. The summed E-state index contributed by atoms with van der Waals surface area (Å²) in [6.07, 6.45) is 1.50. The lowest BCUT2D eigenvalue weighted by Crippen LogP contribution is -2.30. The molecular weight excluding hydrogens is 230 g/mol. The number of carbonyl (C=O) groups excluding carboxylic acids is 2. The van der Waals surface area contributed by atoms with Gasteiger partial charge in [-0.2, -0.15) is 0 Å². The van der Waals surface area contributed by atoms with Gasteiger partial charge in [-0.05, 0) is 18.6 Å². The minimum atomic E-state index is -0.459. The zero-order valence-corrected chi connectivity index (χ0v) is 9.86. The summed E-state index contributed by atoms with van der Waals surface area (Å²) in [5.41, 5.74) is 4.21. The van der Waals surface area contributed by atoms with Crippen LogP contribution in [0.2, 0.25) is 0 Å². The minimum absolute atomic E-state index is 0.125. The lowest BCUT2D eigenvalue weighted by atomic mass is 10.0. The lowest BCUT2D eigenvalue weighted by Gasteiger charge is -2.01. The Bertz CT molecular complexity index is 602. The number of nitrogens with one attached hydrogen (secondary N) is 2. The standard InChI is InChI=1S/C13H13N3O2/c1-8-4-2-3-5-10(8)12(17)9-6-11(15-7-9)13(18)16-14/h2-7,15H,14H2,1H3,(H,16,18). The Morgan fingerprint density at radius 2 is 2.00 bits per heavy atom. The van der Waals surface area contributed by atoms with Gasteiger partial charge in [-0.15, -0.1) is 0 Å². The van der Waals surface area contributed by atoms with Gasteiger partial charge in [0.2, 0.25) is 0 Å². The molecule has 0 atom stereocenters. The van der Waals surface area contributed by atoms with Crippen LogP contribution >= 0.6 is 0 Å². The number of nitrogen functional groups attached to an aromatic ring is 1. The Morgan fingerprint density at radius 3 is 2.67 bits per heavy atom. The van der Waals surface area contributed by atoms with Crippen LogP contribution in [-0.2, 0) is 0 Å². The summed E-state index contributed by atoms with van der Waals surface area (Å²) in [7, 11) is 0. The predicted molar refractivity (Wildman–Crippen MR) is 67.1 cm³/mol. The number of H-pyrrole nitrogens is 1. The topological polar surface area (TPSA) is 88.0 Å². The number of hydrogen-bond acceptors (Lipinski definition) is 3. The average molecular weight is 243 g/mol. The van der Waals surface area contributed by atoms with Gasteiger partial charge in [0.1, 0.15) is 5.69 Å². The van der Waals surface area contributed by atoms with Gasteiger partial charge in [-0.3, -0.25) is 15.0 Å². The van der Waals surface area contributed by atoms with Crippen molar-refractivity contribution in [1.82, 2.24) is 10.4 Å². The smallest absolute Gasteiger partial charge is 0.281 e. The molecule has 4 N–H and O–H groups in total. The van der Waals surface area contributed by atoms with Crippen LogP contribution in [0.1, 0.15) is 32.0 Å². The summed E-state index contributed by atoms with van der Waals surface area (Å²) in [5.74, 6) is 4.44. The second-order valence-corrected chi connectivity index (χ2v) is 3.92. The molecule has 0 aliphatic heterocycles. The van der Waals surface area contributed by atoms with Crippen molar-refractivity contribution in [3.8, 4) is 0 Å². The van der Waals surface area contributed by atoms with Crippen molar-refractivity contribution in [3.63, 3.8) is 0 Å². The van der Waals surface area contributed by atoms with Gasteiger partial charge >= 0.3 is 0 Å². The van der Waals surface area contributed by atoms with Crippen LogP contribution in [-0.4, -0.2) is 16.7 Å². The van der Waals surface area contributed by atoms with Gasteiger partial charge in [-0.25, -0.2) is 5.84 Å². The first kappa shape index (κ1) is 12.1. The number of amides is 1. The normalized spacial score (nSPS) is 10.1. The molecule has 5 nitrogen and oxygen atoms in total. The number of hydrogen-bond donors (Lipinski definition) is 3. The van der Waals surface area contributed by atoms with E-state index in [1.165, 1.54) is 12.3 Å². The molecule has 0 fully saturated rings. The van der Waals surface area contributed by atoms with Crippen LogP contribution in [0.5, 0.6) is 0 Å². The largest absolute Gasteiger partial charge is 0.356 e. The number of hydrazine groups is 1. The average Bonchev–Trinajstić information content (AvgIpc) is 2.87. The molecule has 0 saturated heterocycles. The lowest BCUT2D eigenvalue weighted by molar-refractivity contribution is 0.0949. The van der Waals surface area contributed by atoms with Crippen LogP contribution in [0.25, 0.3) is 0 Å². The van der Waals surface area contributed by atoms with Crippen LogP contribution in [0, 0.1) is 6.92 Å². The molecule has 0 aliphatic rings. The first-order valence-corrected chi connectivity index (χ1v) is 5.43. The van der Waals surface area contributed by atoms with E-state index in [4.69, 9.17) is 5.84 Å². The van der Waals surface area contributed by atoms with Gasteiger partial charge in [0.25, 0.3) is 5.91 Å². The number of rotatable bonds is 3. The van der Waals surface area contributed by atoms with Gasteiger partial charge in [0.15, 0.2) is 5.78 Å². The minimum Gasteiger partial charge on any atom is -0.356 e. The molecule has 1 aromatic carbocycles. The third-order valence-electron chi connectivity index (χ3n) is 2.71. The number of aryl methyl sites for hydroxylation is 1. The monoisotopic (exact) mass is 243 g/mol. The first-order valence-electron chi connectivity index (χ1n) is 5.43. The van der Waals surface area contributed by atoms with E-state index < -0.39 is 5.91 Å². The molecule has 0 unspecified atom stereocenters. The zero-order chi connectivity index (χ0) is 13.1. The predicted octanol–water partition coefficient (Wildman–Crippen LogP) is 1.16. The Kier molecular flexibility index (Phi) is 3.25. The molecule has 2 rings (SSSR count). The zero-order valence-electron chi connectivity index (χ0n) is 9.86. The highest BCUT2D eigenvalue weighted by Crippen LogP contribution is 2.14. The Balaban J connectivity index is 2.33. The molecule has 0 aliphatic carbocycles. The van der Waals surface area contributed by atoms with E-state index >= 15 is 0 Å². The molecule has 18 heavy (non-hydrogen) atoms. The SMILES string of the molecule is Cc1ccccc1C(=O)c1c[nH]c(C(=O)NN)c1. The van der Waals surface area contributed by atoms with Crippen LogP contribution in [0.4, 0.5) is 0 Å². The van der Waals surface area contributed by atoms with Crippen molar-refractivity contribution in [3.05, 3.63) is 58.9 Å². The maximum atomic E-state index is 12.2. The van der Waals surface area contributed by atoms with E-state index in [1.807, 2.05) is 24.5 Å². The number of benzene rings is 1. The van der Waals surface area contributed by atoms with Crippen molar-refractivity contribution < 1.29 is 9.59 Å². The molecule has 92 valence electrons. The first-order chi connectivity index (χ1) is 8.63.